The van der Waals surface area contributed by atoms with Crippen molar-refractivity contribution < 1.29 is 18.3 Å². The number of nitrogens with one attached hydrogen (secondary N) is 3. The van der Waals surface area contributed by atoms with Gasteiger partial charge < -0.3 is 15.4 Å². The number of carbonyl (C=O) groups is 1. The molecule has 8 heteroatoms. The number of benzene rings is 2. The number of esters is 1. The van der Waals surface area contributed by atoms with Crippen LogP contribution in [0.15, 0.2) is 42.5 Å². The van der Waals surface area contributed by atoms with E-state index in [1.807, 2.05) is 37.3 Å². The number of rotatable bonds is 12. The molecule has 0 spiro atoms. The van der Waals surface area contributed by atoms with Crippen LogP contribution in [0.3, 0.4) is 0 Å². The minimum absolute atomic E-state index is 0.312. The fourth-order valence-corrected chi connectivity index (χ4v) is 3.02. The summed E-state index contributed by atoms with van der Waals surface area (Å²) in [6.45, 7) is 5.16. The molecule has 4 N–H and O–H groups in total. The molecule has 0 saturated heterocycles. The van der Waals surface area contributed by atoms with Gasteiger partial charge in [0.1, 0.15) is 0 Å². The van der Waals surface area contributed by atoms with E-state index in [4.69, 9.17) is 4.74 Å². The van der Waals surface area contributed by atoms with Crippen molar-refractivity contribution in [3.8, 4) is 0 Å². The van der Waals surface area contributed by atoms with Crippen LogP contribution in [0.5, 0.6) is 0 Å². The lowest BCUT2D eigenvalue weighted by molar-refractivity contribution is 0.0500. The number of para-hydroxylation sites is 1. The van der Waals surface area contributed by atoms with Gasteiger partial charge in [0.2, 0.25) is 0 Å². The summed E-state index contributed by atoms with van der Waals surface area (Å²) in [6.07, 6.45) is 3.67. The second-order valence-corrected chi connectivity index (χ2v) is 7.26. The molecule has 0 amide bonds. The summed E-state index contributed by atoms with van der Waals surface area (Å²) in [7, 11) is 0. The van der Waals surface area contributed by atoms with Gasteiger partial charge in [-0.2, -0.15) is 0 Å². The first kappa shape index (κ1) is 22.7. The van der Waals surface area contributed by atoms with Gasteiger partial charge in [-0.05, 0) is 37.1 Å². The molecule has 2 rings (SSSR count). The normalized spacial score (nSPS) is 11.6. The molecule has 7 nitrogen and oxygen atoms in total. The van der Waals surface area contributed by atoms with E-state index in [0.717, 1.165) is 31.4 Å². The zero-order chi connectivity index (χ0) is 21.1. The first-order valence-electron chi connectivity index (χ1n) is 9.83. The van der Waals surface area contributed by atoms with E-state index >= 15 is 0 Å². The molecule has 0 bridgehead atoms. The number of unbranched alkanes of at least 4 members (excludes halogenated alkanes) is 2. The standard InChI is InChI=1S/C21H29N3O4S/c1-3-5-12-22-18-14-16(21(25)28-13-6-4-2)15-19(24-29(26)27)20(18)23-17-10-8-7-9-11-17/h7-11,14-15,22-24H,3-6,12-13H2,1-2H3,(H,26,27). The van der Waals surface area contributed by atoms with Crippen LogP contribution in [0.1, 0.15) is 49.9 Å². The Kier molecular flexibility index (Phi) is 9.46. The Balaban J connectivity index is 2.42. The maximum Gasteiger partial charge on any atom is 0.338 e. The third kappa shape index (κ3) is 7.40. The first-order chi connectivity index (χ1) is 14.0. The molecule has 1 atom stereocenters. The predicted octanol–water partition coefficient (Wildman–Crippen LogP) is 5.15. The minimum Gasteiger partial charge on any atom is -0.462 e. The molecule has 0 aromatic heterocycles. The van der Waals surface area contributed by atoms with E-state index in [1.165, 1.54) is 6.07 Å². The number of carbonyl (C=O) groups excluding carboxylic acids is 1. The SMILES string of the molecule is CCCCNc1cc(C(=O)OCCCC)cc(NS(=O)O)c1Nc1ccccc1. The van der Waals surface area contributed by atoms with Gasteiger partial charge >= 0.3 is 5.97 Å². The highest BCUT2D eigenvalue weighted by atomic mass is 32.2. The van der Waals surface area contributed by atoms with Crippen molar-refractivity contribution in [2.24, 2.45) is 0 Å². The fraction of sp³-hybridized carbons (Fsp3) is 0.381. The van der Waals surface area contributed by atoms with Crippen molar-refractivity contribution in [1.29, 1.82) is 0 Å². The largest absolute Gasteiger partial charge is 0.462 e. The summed E-state index contributed by atoms with van der Waals surface area (Å²) >= 11 is -2.30. The van der Waals surface area contributed by atoms with E-state index in [0.29, 0.717) is 35.8 Å². The molecule has 0 saturated carbocycles. The van der Waals surface area contributed by atoms with Crippen LogP contribution in [0.4, 0.5) is 22.7 Å². The van der Waals surface area contributed by atoms with Gasteiger partial charge in [-0.15, -0.1) is 0 Å². The molecule has 0 radical (unpaired) electrons. The lowest BCUT2D eigenvalue weighted by Crippen LogP contribution is -2.13. The Morgan fingerprint density at radius 1 is 1.07 bits per heavy atom. The topological polar surface area (TPSA) is 99.7 Å². The van der Waals surface area contributed by atoms with E-state index in [9.17, 15) is 13.6 Å². The summed E-state index contributed by atoms with van der Waals surface area (Å²) in [5, 5.41) is 6.59. The average molecular weight is 420 g/mol. The Morgan fingerprint density at radius 3 is 2.41 bits per heavy atom. The molecule has 2 aromatic carbocycles. The Hall–Kier alpha value is -2.58. The Morgan fingerprint density at radius 2 is 1.76 bits per heavy atom. The average Bonchev–Trinajstić information content (AvgIpc) is 2.70. The third-order valence-corrected chi connectivity index (χ3v) is 4.59. The number of anilines is 4. The van der Waals surface area contributed by atoms with Crippen LogP contribution in [0.25, 0.3) is 0 Å². The number of hydrogen-bond acceptors (Lipinski definition) is 5. The van der Waals surface area contributed by atoms with Crippen LogP contribution in [-0.2, 0) is 16.0 Å². The zero-order valence-electron chi connectivity index (χ0n) is 16.9. The highest BCUT2D eigenvalue weighted by molar-refractivity contribution is 7.80. The summed E-state index contributed by atoms with van der Waals surface area (Å²) in [5.41, 5.74) is 2.70. The number of ether oxygens (including phenoxy) is 1. The minimum atomic E-state index is -2.30. The van der Waals surface area contributed by atoms with Crippen molar-refractivity contribution in [3.05, 3.63) is 48.0 Å². The maximum atomic E-state index is 12.5. The van der Waals surface area contributed by atoms with Gasteiger partial charge in [0, 0.05) is 12.2 Å². The van der Waals surface area contributed by atoms with Crippen molar-refractivity contribution in [2.45, 2.75) is 39.5 Å². The lowest BCUT2D eigenvalue weighted by Gasteiger charge is -2.19. The van der Waals surface area contributed by atoms with Crippen molar-refractivity contribution in [1.82, 2.24) is 0 Å². The second-order valence-electron chi connectivity index (χ2n) is 6.56. The van der Waals surface area contributed by atoms with Crippen molar-refractivity contribution in [2.75, 3.05) is 28.5 Å². The van der Waals surface area contributed by atoms with Gasteiger partial charge in [-0.1, -0.05) is 44.9 Å². The van der Waals surface area contributed by atoms with Crippen LogP contribution in [0, 0.1) is 0 Å². The van der Waals surface area contributed by atoms with Gasteiger partial charge in [-0.25, -0.2) is 9.00 Å². The van der Waals surface area contributed by atoms with Crippen LogP contribution in [0.2, 0.25) is 0 Å². The molecule has 0 aliphatic heterocycles. The quantitative estimate of drug-likeness (QED) is 0.216. The monoisotopic (exact) mass is 419 g/mol. The molecule has 0 heterocycles. The van der Waals surface area contributed by atoms with E-state index < -0.39 is 17.2 Å². The van der Waals surface area contributed by atoms with E-state index in [2.05, 4.69) is 22.3 Å². The maximum absolute atomic E-state index is 12.5. The number of hydrogen-bond donors (Lipinski definition) is 4. The third-order valence-electron chi connectivity index (χ3n) is 4.19. The molecule has 0 fully saturated rings. The second kappa shape index (κ2) is 12.1. The molecular formula is C21H29N3O4S. The highest BCUT2D eigenvalue weighted by Crippen LogP contribution is 2.36. The Bertz CT molecular complexity index is 815. The lowest BCUT2D eigenvalue weighted by atomic mass is 10.1. The van der Waals surface area contributed by atoms with Crippen LogP contribution >= 0.6 is 0 Å². The summed E-state index contributed by atoms with van der Waals surface area (Å²) < 4.78 is 28.7. The van der Waals surface area contributed by atoms with Crippen molar-refractivity contribution in [3.63, 3.8) is 0 Å². The van der Waals surface area contributed by atoms with Gasteiger partial charge in [0.25, 0.3) is 11.3 Å². The fourth-order valence-electron chi connectivity index (χ4n) is 2.67. The van der Waals surface area contributed by atoms with Gasteiger partial charge in [-0.3, -0.25) is 9.27 Å². The predicted molar refractivity (Wildman–Crippen MR) is 119 cm³/mol. The summed E-state index contributed by atoms with van der Waals surface area (Å²) in [4.78, 5) is 12.5. The van der Waals surface area contributed by atoms with Crippen LogP contribution < -0.4 is 15.4 Å². The smallest absolute Gasteiger partial charge is 0.338 e. The van der Waals surface area contributed by atoms with Gasteiger partial charge in [0.15, 0.2) is 0 Å². The first-order valence-corrected chi connectivity index (χ1v) is 10.9. The molecular weight excluding hydrogens is 390 g/mol. The molecule has 158 valence electrons. The molecule has 1 unspecified atom stereocenters. The van der Waals surface area contributed by atoms with Crippen molar-refractivity contribution >= 4 is 40.0 Å². The van der Waals surface area contributed by atoms with Gasteiger partial charge in [0.05, 0.1) is 29.2 Å². The van der Waals surface area contributed by atoms with E-state index in [-0.39, 0.29) is 0 Å². The highest BCUT2D eigenvalue weighted by Gasteiger charge is 2.17. The Labute approximate surface area is 174 Å². The summed E-state index contributed by atoms with van der Waals surface area (Å²) in [5.74, 6) is -0.463. The molecule has 2 aromatic rings. The van der Waals surface area contributed by atoms with E-state index in [1.54, 1.807) is 6.07 Å². The molecule has 29 heavy (non-hydrogen) atoms. The molecule has 0 aliphatic carbocycles. The molecule has 0 aliphatic rings. The van der Waals surface area contributed by atoms with Crippen LogP contribution in [-0.4, -0.2) is 27.9 Å². The summed E-state index contributed by atoms with van der Waals surface area (Å²) in [6, 6.07) is 12.7. The zero-order valence-corrected chi connectivity index (χ0v) is 17.7.